The van der Waals surface area contributed by atoms with Crippen LogP contribution in [0.3, 0.4) is 0 Å². The Kier molecular flexibility index (Phi) is 8.77. The molecule has 2 aromatic rings. The number of hydrogen-bond acceptors (Lipinski definition) is 9. The van der Waals surface area contributed by atoms with E-state index < -0.39 is 24.8 Å². The van der Waals surface area contributed by atoms with Crippen LogP contribution in [0.1, 0.15) is 26.0 Å². The number of aromatic nitrogens is 2. The van der Waals surface area contributed by atoms with Crippen molar-refractivity contribution in [3.05, 3.63) is 29.4 Å². The van der Waals surface area contributed by atoms with Crippen molar-refractivity contribution in [2.75, 3.05) is 5.32 Å². The van der Waals surface area contributed by atoms with Crippen molar-refractivity contribution in [1.29, 1.82) is 0 Å². The van der Waals surface area contributed by atoms with Crippen LogP contribution >= 0.6 is 11.3 Å². The first-order valence-corrected chi connectivity index (χ1v) is 9.90. The normalized spacial score (nSPS) is 12.8. The smallest absolute Gasteiger partial charge is 0.398 e. The van der Waals surface area contributed by atoms with Crippen LogP contribution in [0.4, 0.5) is 5.82 Å². The van der Waals surface area contributed by atoms with Crippen LogP contribution in [-0.4, -0.2) is 47.6 Å². The maximum Gasteiger partial charge on any atom is 0.398 e. The van der Waals surface area contributed by atoms with Gasteiger partial charge in [-0.2, -0.15) is 0 Å². The number of amides is 1. The summed E-state index contributed by atoms with van der Waals surface area (Å²) in [7, 11) is 4.34. The van der Waals surface area contributed by atoms with E-state index >= 15 is 0 Å². The molecule has 2 heterocycles. The lowest BCUT2D eigenvalue weighted by Crippen LogP contribution is -2.31. The Morgan fingerprint density at radius 1 is 1.48 bits per heavy atom. The Bertz CT molecular complexity index is 825. The highest BCUT2D eigenvalue weighted by Gasteiger charge is 2.19. The van der Waals surface area contributed by atoms with Gasteiger partial charge in [0.1, 0.15) is 31.3 Å². The molecule has 1 atom stereocenters. The molecular formula is C17H22B2N5O4S-. The number of nitrogens with zero attached hydrogens (tertiary/aromatic N) is 3. The van der Waals surface area contributed by atoms with Crippen molar-refractivity contribution in [3.8, 4) is 10.6 Å². The number of rotatable bonds is 10. The molecule has 0 spiro atoms. The van der Waals surface area contributed by atoms with Crippen LogP contribution in [0.2, 0.25) is 6.82 Å². The fraction of sp³-hybridized carbons (Fsp3) is 0.412. The molecule has 0 aliphatic heterocycles. The molecule has 1 amide bonds. The summed E-state index contributed by atoms with van der Waals surface area (Å²) in [5.74, 6) is -0.754. The highest BCUT2D eigenvalue weighted by molar-refractivity contribution is 7.13. The predicted molar refractivity (Wildman–Crippen MR) is 112 cm³/mol. The highest BCUT2D eigenvalue weighted by Crippen LogP contribution is 2.26. The summed E-state index contributed by atoms with van der Waals surface area (Å²) in [5.41, 5.74) is 1.46. The molecule has 0 saturated heterocycles. The first-order chi connectivity index (χ1) is 13.7. The second-order valence-corrected chi connectivity index (χ2v) is 7.62. The molecule has 0 fully saturated rings. The predicted octanol–water partition coefficient (Wildman–Crippen LogP) is 0.575. The molecule has 9 nitrogen and oxygen atoms in total. The minimum Gasteiger partial charge on any atom is -0.870 e. The van der Waals surface area contributed by atoms with E-state index in [0.717, 1.165) is 5.56 Å². The van der Waals surface area contributed by atoms with E-state index in [1.54, 1.807) is 24.5 Å². The summed E-state index contributed by atoms with van der Waals surface area (Å²) in [6.07, 6.45) is 2.05. The minimum absolute atomic E-state index is 0.171. The van der Waals surface area contributed by atoms with Gasteiger partial charge in [0.2, 0.25) is 5.91 Å². The van der Waals surface area contributed by atoms with E-state index in [9.17, 15) is 9.90 Å². The van der Waals surface area contributed by atoms with Gasteiger partial charge < -0.3 is 25.3 Å². The van der Waals surface area contributed by atoms with E-state index in [1.165, 1.54) is 11.3 Å². The van der Waals surface area contributed by atoms with Gasteiger partial charge in [-0.15, -0.1) is 11.3 Å². The number of thiazole rings is 1. The summed E-state index contributed by atoms with van der Waals surface area (Å²) in [4.78, 5) is 29.9. The molecule has 152 valence electrons. The average molecular weight is 414 g/mol. The van der Waals surface area contributed by atoms with Gasteiger partial charge >= 0.3 is 7.05 Å². The maximum absolute atomic E-state index is 12.4. The van der Waals surface area contributed by atoms with Crippen LogP contribution in [0.15, 0.2) is 28.7 Å². The van der Waals surface area contributed by atoms with Crippen molar-refractivity contribution < 1.29 is 19.8 Å². The van der Waals surface area contributed by atoms with Gasteiger partial charge in [-0.25, -0.2) is 10.4 Å². The van der Waals surface area contributed by atoms with Crippen molar-refractivity contribution >= 4 is 43.8 Å². The Labute approximate surface area is 175 Å². The summed E-state index contributed by atoms with van der Waals surface area (Å²) < 4.78 is 0. The van der Waals surface area contributed by atoms with E-state index in [4.69, 9.17) is 17.7 Å². The van der Waals surface area contributed by atoms with Gasteiger partial charge in [-0.05, 0) is 31.3 Å². The van der Waals surface area contributed by atoms with Crippen LogP contribution < -0.4 is 15.8 Å². The number of anilines is 1. The third kappa shape index (κ3) is 7.94. The molecule has 2 radical (unpaired) electrons. The zero-order valence-corrected chi connectivity index (χ0v) is 17.3. The van der Waals surface area contributed by atoms with Crippen LogP contribution in [0, 0.1) is 5.92 Å². The van der Waals surface area contributed by atoms with E-state index in [0.29, 0.717) is 22.9 Å². The lowest BCUT2D eigenvalue weighted by molar-refractivity contribution is -0.208. The minimum atomic E-state index is -0.872. The molecule has 29 heavy (non-hydrogen) atoms. The standard InChI is InChI=1S/C17H23B2N5O4S/c1-10(2)6-13(21-17(18)26)15(25)22-14-9-29-16(23-14)11-4-5-12(20-7-11)8-28-24-19(3)27/h4-5,7,9-10,13,24,27H,6,8H2,1-3H3,(H,21,26)(H,22,25)/p-1/t13-/m0/s1. The Balaban J connectivity index is 2.00. The Morgan fingerprint density at radius 3 is 2.83 bits per heavy atom. The number of nitrogens with one attached hydrogen (secondary N) is 2. The summed E-state index contributed by atoms with van der Waals surface area (Å²) in [5, 5.41) is 27.7. The third-order valence-electron chi connectivity index (χ3n) is 3.58. The number of pyridine rings is 1. The zero-order valence-electron chi connectivity index (χ0n) is 16.5. The highest BCUT2D eigenvalue weighted by atomic mass is 32.1. The quantitative estimate of drug-likeness (QED) is 0.224. The monoisotopic (exact) mass is 414 g/mol. The molecule has 3 N–H and O–H groups in total. The number of carbonyl (C=O) groups excluding carboxylic acids is 1. The topological polar surface area (TPSA) is 132 Å². The van der Waals surface area contributed by atoms with Gasteiger partial charge in [0.05, 0.1) is 5.69 Å². The molecule has 2 aromatic heterocycles. The van der Waals surface area contributed by atoms with Crippen LogP contribution in [0.25, 0.3) is 10.6 Å². The lowest BCUT2D eigenvalue weighted by atomic mass is 9.92. The number of carbonyl (C=O) groups is 1. The molecule has 0 aromatic carbocycles. The fourth-order valence-electron chi connectivity index (χ4n) is 2.36. The van der Waals surface area contributed by atoms with E-state index in [2.05, 4.69) is 25.7 Å². The molecule has 0 bridgehead atoms. The van der Waals surface area contributed by atoms with Gasteiger partial charge in [0, 0.05) is 17.1 Å². The van der Waals surface area contributed by atoms with Gasteiger partial charge in [0.15, 0.2) is 0 Å². The van der Waals surface area contributed by atoms with Gasteiger partial charge in [0.25, 0.3) is 0 Å². The number of aliphatic imine (C=N–C) groups is 1. The molecule has 12 heteroatoms. The first-order valence-electron chi connectivity index (χ1n) is 9.02. The third-order valence-corrected chi connectivity index (χ3v) is 4.47. The molecule has 0 aliphatic carbocycles. The van der Waals surface area contributed by atoms with Gasteiger partial charge in [-0.1, -0.05) is 19.6 Å². The summed E-state index contributed by atoms with van der Waals surface area (Å²) in [6.45, 7) is 5.60. The largest absolute Gasteiger partial charge is 0.870 e. The molecule has 2 rings (SSSR count). The van der Waals surface area contributed by atoms with Crippen LogP contribution in [0.5, 0.6) is 0 Å². The molecule has 0 aliphatic rings. The molecule has 0 unspecified atom stereocenters. The Hall–Kier alpha value is -2.27. The van der Waals surface area contributed by atoms with E-state index in [-0.39, 0.29) is 12.5 Å². The van der Waals surface area contributed by atoms with Crippen molar-refractivity contribution in [2.24, 2.45) is 10.9 Å². The van der Waals surface area contributed by atoms with Crippen molar-refractivity contribution in [1.82, 2.24) is 15.4 Å². The fourth-order valence-corrected chi connectivity index (χ4v) is 3.11. The first kappa shape index (κ1) is 23.0. The zero-order chi connectivity index (χ0) is 21.4. The SMILES string of the molecule is [B]C([O-])=N[C@@H](CC(C)C)C(=O)Nc1csc(-c2ccc(CONB(C)O)nc2)n1. The summed E-state index contributed by atoms with van der Waals surface area (Å²) in [6, 6.07) is 2.76. The Morgan fingerprint density at radius 2 is 2.24 bits per heavy atom. The second kappa shape index (κ2) is 11.1. The molecule has 0 saturated carbocycles. The number of hydrogen-bond donors (Lipinski definition) is 3. The van der Waals surface area contributed by atoms with Crippen molar-refractivity contribution in [2.45, 2.75) is 39.7 Å². The summed E-state index contributed by atoms with van der Waals surface area (Å²) >= 11 is 1.35. The lowest BCUT2D eigenvalue weighted by Gasteiger charge is -2.17. The van der Waals surface area contributed by atoms with Crippen LogP contribution in [-0.2, 0) is 16.2 Å². The average Bonchev–Trinajstić information content (AvgIpc) is 3.09. The maximum atomic E-state index is 12.4. The van der Waals surface area contributed by atoms with E-state index in [1.807, 2.05) is 19.9 Å². The van der Waals surface area contributed by atoms with Crippen molar-refractivity contribution in [3.63, 3.8) is 0 Å². The molecular weight excluding hydrogens is 392 g/mol. The van der Waals surface area contributed by atoms with Gasteiger partial charge in [-0.3, -0.25) is 9.78 Å². The second-order valence-electron chi connectivity index (χ2n) is 6.76.